The molecule has 0 saturated carbocycles. The molecule has 0 aliphatic heterocycles. The first kappa shape index (κ1) is 18.3. The van der Waals surface area contributed by atoms with Crippen LogP contribution in [0.25, 0.3) is 11.3 Å². The lowest BCUT2D eigenvalue weighted by Crippen LogP contribution is -2.26. The van der Waals surface area contributed by atoms with E-state index in [0.29, 0.717) is 28.3 Å². The summed E-state index contributed by atoms with van der Waals surface area (Å²) in [5, 5.41) is 4.27. The van der Waals surface area contributed by atoms with Crippen molar-refractivity contribution in [3.63, 3.8) is 0 Å². The van der Waals surface area contributed by atoms with Crippen LogP contribution in [-0.4, -0.2) is 29.8 Å². The minimum Gasteiger partial charge on any atom is -0.493 e. The summed E-state index contributed by atoms with van der Waals surface area (Å²) in [6.45, 7) is -0.244. The van der Waals surface area contributed by atoms with Gasteiger partial charge in [0.25, 0.3) is 5.56 Å². The number of rotatable bonds is 6. The van der Waals surface area contributed by atoms with Crippen molar-refractivity contribution in [1.29, 1.82) is 0 Å². The molecule has 1 heterocycles. The standard InChI is InChI=1S/C20H17FN2O4/c1-26-18-9-5-14(11-19(18)27-2)16-8-10-20(25)23(22-16)12-17(24)13-3-6-15(21)7-4-13/h3-11H,12H2,1-2H3. The van der Waals surface area contributed by atoms with Crippen LogP contribution in [-0.2, 0) is 6.54 Å². The normalized spacial score (nSPS) is 10.5. The summed E-state index contributed by atoms with van der Waals surface area (Å²) in [6.07, 6.45) is 0. The van der Waals surface area contributed by atoms with Crippen molar-refractivity contribution in [2.75, 3.05) is 14.2 Å². The van der Waals surface area contributed by atoms with Crippen LogP contribution in [0.1, 0.15) is 10.4 Å². The second-order valence-electron chi connectivity index (χ2n) is 5.71. The van der Waals surface area contributed by atoms with Crippen LogP contribution in [0.2, 0.25) is 0 Å². The molecule has 2 aromatic carbocycles. The van der Waals surface area contributed by atoms with E-state index in [1.54, 1.807) is 24.3 Å². The Morgan fingerprint density at radius 1 is 1.00 bits per heavy atom. The predicted molar refractivity (Wildman–Crippen MR) is 97.8 cm³/mol. The molecule has 0 bridgehead atoms. The minimum absolute atomic E-state index is 0.244. The molecule has 7 heteroatoms. The summed E-state index contributed by atoms with van der Waals surface area (Å²) in [7, 11) is 3.06. The molecule has 0 N–H and O–H groups in total. The summed E-state index contributed by atoms with van der Waals surface area (Å²) in [4.78, 5) is 24.4. The smallest absolute Gasteiger partial charge is 0.267 e. The molecule has 0 atom stereocenters. The number of carbonyl (C=O) groups is 1. The van der Waals surface area contributed by atoms with Crippen molar-refractivity contribution in [3.05, 3.63) is 76.3 Å². The second kappa shape index (κ2) is 7.82. The highest BCUT2D eigenvalue weighted by Gasteiger charge is 2.12. The number of Topliss-reactive ketones (excluding diaryl/α,β-unsaturated/α-hetero) is 1. The summed E-state index contributed by atoms with van der Waals surface area (Å²) < 4.78 is 24.6. The first-order chi connectivity index (χ1) is 13.0. The van der Waals surface area contributed by atoms with Gasteiger partial charge in [0.1, 0.15) is 12.4 Å². The van der Waals surface area contributed by atoms with Crippen molar-refractivity contribution in [3.8, 4) is 22.8 Å². The van der Waals surface area contributed by atoms with Crippen LogP contribution >= 0.6 is 0 Å². The van der Waals surface area contributed by atoms with Crippen molar-refractivity contribution in [2.45, 2.75) is 6.54 Å². The third-order valence-electron chi connectivity index (χ3n) is 4.01. The van der Waals surface area contributed by atoms with Gasteiger partial charge in [-0.3, -0.25) is 9.59 Å². The van der Waals surface area contributed by atoms with Crippen LogP contribution in [0.3, 0.4) is 0 Å². The molecule has 1 aromatic heterocycles. The van der Waals surface area contributed by atoms with E-state index in [4.69, 9.17) is 9.47 Å². The van der Waals surface area contributed by atoms with E-state index in [0.717, 1.165) is 4.68 Å². The number of ketones is 1. The van der Waals surface area contributed by atoms with E-state index >= 15 is 0 Å². The molecule has 0 amide bonds. The van der Waals surface area contributed by atoms with Gasteiger partial charge in [0.2, 0.25) is 0 Å². The Labute approximate surface area is 154 Å². The Bertz CT molecular complexity index is 1030. The molecule has 27 heavy (non-hydrogen) atoms. The first-order valence-corrected chi connectivity index (χ1v) is 8.11. The molecular formula is C20H17FN2O4. The molecule has 0 spiro atoms. The molecule has 0 aliphatic rings. The third-order valence-corrected chi connectivity index (χ3v) is 4.01. The molecule has 3 aromatic rings. The van der Waals surface area contributed by atoms with E-state index in [1.807, 2.05) is 0 Å². The molecule has 0 fully saturated rings. The fourth-order valence-corrected chi connectivity index (χ4v) is 2.57. The summed E-state index contributed by atoms with van der Waals surface area (Å²) in [6, 6.07) is 13.3. The Morgan fingerprint density at radius 2 is 1.70 bits per heavy atom. The summed E-state index contributed by atoms with van der Waals surface area (Å²) in [5.74, 6) is 0.323. The fraction of sp³-hybridized carbons (Fsp3) is 0.150. The minimum atomic E-state index is -0.433. The van der Waals surface area contributed by atoms with Gasteiger partial charge < -0.3 is 9.47 Å². The lowest BCUT2D eigenvalue weighted by Gasteiger charge is -2.10. The highest BCUT2D eigenvalue weighted by molar-refractivity contribution is 5.95. The van der Waals surface area contributed by atoms with E-state index in [1.165, 1.54) is 44.6 Å². The van der Waals surface area contributed by atoms with E-state index in [-0.39, 0.29) is 12.3 Å². The quantitative estimate of drug-likeness (QED) is 0.626. The predicted octanol–water partition coefficient (Wildman–Crippen LogP) is 2.95. The summed E-state index contributed by atoms with van der Waals surface area (Å²) >= 11 is 0. The van der Waals surface area contributed by atoms with E-state index in [2.05, 4.69) is 5.10 Å². The topological polar surface area (TPSA) is 70.4 Å². The molecular weight excluding hydrogens is 351 g/mol. The Kier molecular flexibility index (Phi) is 5.30. The maximum absolute atomic E-state index is 13.0. The fourth-order valence-electron chi connectivity index (χ4n) is 2.57. The SMILES string of the molecule is COc1ccc(-c2ccc(=O)n(CC(=O)c3ccc(F)cc3)n2)cc1OC. The van der Waals surface area contributed by atoms with Crippen molar-refractivity contribution >= 4 is 5.78 Å². The zero-order chi connectivity index (χ0) is 19.4. The van der Waals surface area contributed by atoms with Crippen molar-refractivity contribution in [1.82, 2.24) is 9.78 Å². The maximum atomic E-state index is 13.0. The van der Waals surface area contributed by atoms with Crippen LogP contribution in [0.4, 0.5) is 4.39 Å². The average Bonchev–Trinajstić information content (AvgIpc) is 2.69. The number of methoxy groups -OCH3 is 2. The number of hydrogen-bond acceptors (Lipinski definition) is 5. The van der Waals surface area contributed by atoms with Gasteiger partial charge in [0.05, 0.1) is 19.9 Å². The van der Waals surface area contributed by atoms with Crippen LogP contribution in [0.15, 0.2) is 59.4 Å². The Balaban J connectivity index is 1.91. The molecule has 0 unspecified atom stereocenters. The largest absolute Gasteiger partial charge is 0.493 e. The molecule has 0 aliphatic carbocycles. The number of nitrogens with zero attached hydrogens (tertiary/aromatic N) is 2. The van der Waals surface area contributed by atoms with E-state index < -0.39 is 11.4 Å². The van der Waals surface area contributed by atoms with Gasteiger partial charge >= 0.3 is 0 Å². The Morgan fingerprint density at radius 3 is 2.37 bits per heavy atom. The van der Waals surface area contributed by atoms with Gasteiger partial charge in [-0.1, -0.05) is 0 Å². The third kappa shape index (κ3) is 4.03. The first-order valence-electron chi connectivity index (χ1n) is 8.11. The molecule has 0 saturated heterocycles. The van der Waals surface area contributed by atoms with Gasteiger partial charge in [-0.15, -0.1) is 0 Å². The monoisotopic (exact) mass is 368 g/mol. The zero-order valence-corrected chi connectivity index (χ0v) is 14.8. The molecule has 3 rings (SSSR count). The van der Waals surface area contributed by atoms with Gasteiger partial charge in [0, 0.05) is 17.2 Å². The molecule has 6 nitrogen and oxygen atoms in total. The van der Waals surface area contributed by atoms with Gasteiger partial charge in [-0.25, -0.2) is 9.07 Å². The van der Waals surface area contributed by atoms with Gasteiger partial charge in [0.15, 0.2) is 17.3 Å². The van der Waals surface area contributed by atoms with Crippen LogP contribution in [0, 0.1) is 5.82 Å². The molecule has 138 valence electrons. The highest BCUT2D eigenvalue weighted by atomic mass is 19.1. The maximum Gasteiger partial charge on any atom is 0.267 e. The number of hydrogen-bond donors (Lipinski definition) is 0. The molecule has 0 radical (unpaired) electrons. The van der Waals surface area contributed by atoms with Crippen molar-refractivity contribution < 1.29 is 18.7 Å². The lowest BCUT2D eigenvalue weighted by atomic mass is 10.1. The second-order valence-corrected chi connectivity index (χ2v) is 5.71. The number of benzene rings is 2. The number of carbonyl (C=O) groups excluding carboxylic acids is 1. The lowest BCUT2D eigenvalue weighted by molar-refractivity contribution is 0.0966. The summed E-state index contributed by atoms with van der Waals surface area (Å²) in [5.41, 5.74) is 1.11. The van der Waals surface area contributed by atoms with Crippen LogP contribution < -0.4 is 15.0 Å². The van der Waals surface area contributed by atoms with Gasteiger partial charge in [-0.05, 0) is 48.5 Å². The number of halogens is 1. The van der Waals surface area contributed by atoms with Crippen molar-refractivity contribution in [2.24, 2.45) is 0 Å². The number of ether oxygens (including phenoxy) is 2. The van der Waals surface area contributed by atoms with Crippen LogP contribution in [0.5, 0.6) is 11.5 Å². The number of aromatic nitrogens is 2. The average molecular weight is 368 g/mol. The van der Waals surface area contributed by atoms with Gasteiger partial charge in [-0.2, -0.15) is 5.10 Å². The zero-order valence-electron chi connectivity index (χ0n) is 14.8. The van der Waals surface area contributed by atoms with E-state index in [9.17, 15) is 14.0 Å². The Hall–Kier alpha value is -3.48. The highest BCUT2D eigenvalue weighted by Crippen LogP contribution is 2.31.